The number of nitrogens with zero attached hydrogens (tertiary/aromatic N) is 1. The lowest BCUT2D eigenvalue weighted by molar-refractivity contribution is -0.114. The number of hydrogen-bond donors (Lipinski definition) is 1. The van der Waals surface area contributed by atoms with Crippen LogP contribution in [0.1, 0.15) is 12.5 Å². The van der Waals surface area contributed by atoms with Gasteiger partial charge >= 0.3 is 0 Å². The third kappa shape index (κ3) is 2.00. The standard InChI is InChI=1S/C12H11FN2O/c1-8-11(6-14-15-7-12(8)16)9-2-4-10(13)5-3-9/h2-6,15H,7H2,1H3. The number of nitrogens with one attached hydrogen (secondary N) is 1. The number of carbonyl (C=O) groups excluding carboxylic acids is 1. The van der Waals surface area contributed by atoms with E-state index in [1.165, 1.54) is 12.1 Å². The van der Waals surface area contributed by atoms with E-state index in [-0.39, 0.29) is 18.1 Å². The summed E-state index contributed by atoms with van der Waals surface area (Å²) < 4.78 is 12.8. The molecule has 0 saturated carbocycles. The molecule has 82 valence electrons. The molecule has 0 radical (unpaired) electrons. The van der Waals surface area contributed by atoms with Crippen LogP contribution < -0.4 is 5.43 Å². The van der Waals surface area contributed by atoms with Gasteiger partial charge in [0, 0.05) is 11.1 Å². The number of allylic oxidation sites excluding steroid dienone is 1. The molecule has 0 spiro atoms. The zero-order chi connectivity index (χ0) is 11.5. The predicted molar refractivity (Wildman–Crippen MR) is 60.5 cm³/mol. The van der Waals surface area contributed by atoms with Crippen molar-refractivity contribution in [2.45, 2.75) is 6.92 Å². The summed E-state index contributed by atoms with van der Waals surface area (Å²) in [6.45, 7) is 1.95. The van der Waals surface area contributed by atoms with Crippen LogP contribution in [0.4, 0.5) is 4.39 Å². The molecule has 0 bridgehead atoms. The number of hydrazone groups is 1. The molecule has 0 saturated heterocycles. The van der Waals surface area contributed by atoms with Crippen LogP contribution in [0.5, 0.6) is 0 Å². The molecule has 1 aliphatic heterocycles. The van der Waals surface area contributed by atoms with Gasteiger partial charge in [-0.3, -0.25) is 4.79 Å². The minimum absolute atomic E-state index is 0.00294. The lowest BCUT2D eigenvalue weighted by Crippen LogP contribution is -2.16. The molecule has 0 fully saturated rings. The third-order valence-corrected chi connectivity index (χ3v) is 2.50. The number of halogens is 1. The Morgan fingerprint density at radius 2 is 2.00 bits per heavy atom. The van der Waals surface area contributed by atoms with Gasteiger partial charge in [-0.05, 0) is 24.6 Å². The maximum absolute atomic E-state index is 12.8. The van der Waals surface area contributed by atoms with Crippen LogP contribution in [0.25, 0.3) is 5.57 Å². The number of carbonyl (C=O) groups is 1. The van der Waals surface area contributed by atoms with Gasteiger partial charge in [0.15, 0.2) is 5.78 Å². The topological polar surface area (TPSA) is 41.5 Å². The molecular formula is C12H11FN2O. The molecule has 3 nitrogen and oxygen atoms in total. The fraction of sp³-hybridized carbons (Fsp3) is 0.167. The normalized spacial score (nSPS) is 16.0. The first-order chi connectivity index (χ1) is 7.68. The van der Waals surface area contributed by atoms with Crippen LogP contribution in [0.3, 0.4) is 0 Å². The molecular weight excluding hydrogens is 207 g/mol. The number of benzene rings is 1. The summed E-state index contributed by atoms with van der Waals surface area (Å²) >= 11 is 0. The molecule has 0 atom stereocenters. The molecule has 0 aromatic heterocycles. The SMILES string of the molecule is CC1=C(c2ccc(F)cc2)C=NNCC1=O. The fourth-order valence-electron chi connectivity index (χ4n) is 1.53. The van der Waals surface area contributed by atoms with Crippen molar-refractivity contribution in [2.24, 2.45) is 5.10 Å². The van der Waals surface area contributed by atoms with E-state index in [0.29, 0.717) is 5.57 Å². The Morgan fingerprint density at radius 3 is 2.69 bits per heavy atom. The van der Waals surface area contributed by atoms with Gasteiger partial charge in [-0.25, -0.2) is 4.39 Å². The highest BCUT2D eigenvalue weighted by Crippen LogP contribution is 2.19. The Morgan fingerprint density at radius 1 is 1.31 bits per heavy atom. The van der Waals surface area contributed by atoms with E-state index >= 15 is 0 Å². The monoisotopic (exact) mass is 218 g/mol. The second-order valence-corrected chi connectivity index (χ2v) is 3.56. The van der Waals surface area contributed by atoms with E-state index in [2.05, 4.69) is 10.5 Å². The van der Waals surface area contributed by atoms with Crippen LogP contribution in [0.15, 0.2) is 34.9 Å². The molecule has 1 aliphatic rings. The molecule has 0 unspecified atom stereocenters. The van der Waals surface area contributed by atoms with E-state index < -0.39 is 0 Å². The van der Waals surface area contributed by atoms with Crippen molar-refractivity contribution in [3.8, 4) is 0 Å². The summed E-state index contributed by atoms with van der Waals surface area (Å²) in [5, 5.41) is 3.90. The zero-order valence-corrected chi connectivity index (χ0v) is 8.83. The Hall–Kier alpha value is -1.97. The molecule has 1 N–H and O–H groups in total. The summed E-state index contributed by atoms with van der Waals surface area (Å²) in [5.74, 6) is -0.297. The lowest BCUT2D eigenvalue weighted by atomic mass is 9.99. The van der Waals surface area contributed by atoms with E-state index in [9.17, 15) is 9.18 Å². The highest BCUT2D eigenvalue weighted by molar-refractivity contribution is 6.20. The van der Waals surface area contributed by atoms with Crippen molar-refractivity contribution in [3.63, 3.8) is 0 Å². The quantitative estimate of drug-likeness (QED) is 0.780. The Kier molecular flexibility index (Phi) is 2.81. The van der Waals surface area contributed by atoms with Crippen LogP contribution in [0.2, 0.25) is 0 Å². The Bertz CT molecular complexity index is 474. The first-order valence-electron chi connectivity index (χ1n) is 4.94. The van der Waals surface area contributed by atoms with E-state index in [0.717, 1.165) is 11.1 Å². The van der Waals surface area contributed by atoms with Crippen molar-refractivity contribution in [2.75, 3.05) is 6.54 Å². The van der Waals surface area contributed by atoms with Gasteiger partial charge < -0.3 is 5.43 Å². The molecule has 4 heteroatoms. The summed E-state index contributed by atoms with van der Waals surface area (Å²) in [4.78, 5) is 11.6. The van der Waals surface area contributed by atoms with Crippen LogP contribution in [-0.2, 0) is 4.79 Å². The van der Waals surface area contributed by atoms with Crippen LogP contribution >= 0.6 is 0 Å². The van der Waals surface area contributed by atoms with Gasteiger partial charge in [0.05, 0.1) is 12.8 Å². The minimum Gasteiger partial charge on any atom is -0.302 e. The highest BCUT2D eigenvalue weighted by atomic mass is 19.1. The summed E-state index contributed by atoms with van der Waals surface area (Å²) in [6, 6.07) is 6.01. The Labute approximate surface area is 92.7 Å². The largest absolute Gasteiger partial charge is 0.302 e. The molecule has 1 aromatic rings. The number of Topliss-reactive ketones (excluding diaryl/α,β-unsaturated/α-hetero) is 1. The molecule has 1 heterocycles. The van der Waals surface area contributed by atoms with Crippen LogP contribution in [-0.4, -0.2) is 18.5 Å². The van der Waals surface area contributed by atoms with Gasteiger partial charge in [-0.15, -0.1) is 0 Å². The Balaban J connectivity index is 2.48. The predicted octanol–water partition coefficient (Wildman–Crippen LogP) is 1.76. The summed E-state index contributed by atoms with van der Waals surface area (Å²) in [7, 11) is 0. The molecule has 0 amide bonds. The van der Waals surface area contributed by atoms with Gasteiger partial charge in [0.25, 0.3) is 0 Å². The minimum atomic E-state index is -0.294. The molecule has 0 aliphatic carbocycles. The third-order valence-electron chi connectivity index (χ3n) is 2.50. The first-order valence-corrected chi connectivity index (χ1v) is 4.94. The second-order valence-electron chi connectivity index (χ2n) is 3.56. The summed E-state index contributed by atoms with van der Waals surface area (Å²) in [6.07, 6.45) is 1.59. The second kappa shape index (κ2) is 4.26. The van der Waals surface area contributed by atoms with Gasteiger partial charge in [-0.1, -0.05) is 12.1 Å². The van der Waals surface area contributed by atoms with Gasteiger partial charge in [0.2, 0.25) is 0 Å². The molecule has 2 rings (SSSR count). The summed E-state index contributed by atoms with van der Waals surface area (Å²) in [5.41, 5.74) is 4.80. The number of rotatable bonds is 1. The molecule has 1 aromatic carbocycles. The smallest absolute Gasteiger partial charge is 0.179 e. The van der Waals surface area contributed by atoms with Crippen molar-refractivity contribution >= 4 is 17.6 Å². The fourth-order valence-corrected chi connectivity index (χ4v) is 1.53. The van der Waals surface area contributed by atoms with E-state index in [1.807, 2.05) is 0 Å². The van der Waals surface area contributed by atoms with E-state index in [4.69, 9.17) is 0 Å². The maximum Gasteiger partial charge on any atom is 0.179 e. The zero-order valence-electron chi connectivity index (χ0n) is 8.83. The van der Waals surface area contributed by atoms with Crippen molar-refractivity contribution in [1.29, 1.82) is 0 Å². The lowest BCUT2D eigenvalue weighted by Gasteiger charge is -2.04. The van der Waals surface area contributed by atoms with Crippen molar-refractivity contribution in [3.05, 3.63) is 41.2 Å². The van der Waals surface area contributed by atoms with Crippen molar-refractivity contribution in [1.82, 2.24) is 5.43 Å². The first kappa shape index (κ1) is 10.5. The average Bonchev–Trinajstić information content (AvgIpc) is 2.44. The average molecular weight is 218 g/mol. The maximum atomic E-state index is 12.8. The van der Waals surface area contributed by atoms with E-state index in [1.54, 1.807) is 25.3 Å². The molecule has 16 heavy (non-hydrogen) atoms. The van der Waals surface area contributed by atoms with Gasteiger partial charge in [0.1, 0.15) is 5.82 Å². The van der Waals surface area contributed by atoms with Gasteiger partial charge in [-0.2, -0.15) is 5.10 Å². The highest BCUT2D eigenvalue weighted by Gasteiger charge is 2.13. The van der Waals surface area contributed by atoms with Crippen LogP contribution in [0, 0.1) is 5.82 Å². The number of ketones is 1. The van der Waals surface area contributed by atoms with Crippen molar-refractivity contribution < 1.29 is 9.18 Å². The number of hydrogen-bond acceptors (Lipinski definition) is 3.